The highest BCUT2D eigenvalue weighted by molar-refractivity contribution is 14.0. The summed E-state index contributed by atoms with van der Waals surface area (Å²) in [5, 5.41) is 6.37. The maximum atomic E-state index is 12.4. The van der Waals surface area contributed by atoms with Crippen molar-refractivity contribution < 1.29 is 18.3 Å². The lowest BCUT2D eigenvalue weighted by molar-refractivity contribution is -0.0512. The summed E-state index contributed by atoms with van der Waals surface area (Å²) in [5.41, 5.74) is 0.875. The lowest BCUT2D eigenvalue weighted by atomic mass is 10.1. The number of hydrogen-bond acceptors (Lipinski definition) is 3. The molecule has 0 heterocycles. The van der Waals surface area contributed by atoms with Crippen molar-refractivity contribution in [3.05, 3.63) is 23.8 Å². The summed E-state index contributed by atoms with van der Waals surface area (Å²) >= 11 is 0. The highest BCUT2D eigenvalue weighted by atomic mass is 127. The topological polar surface area (TPSA) is 54.9 Å². The third kappa shape index (κ3) is 8.51. The maximum Gasteiger partial charge on any atom is 0.387 e. The number of guanidine groups is 1. The van der Waals surface area contributed by atoms with Gasteiger partial charge < -0.3 is 20.1 Å². The van der Waals surface area contributed by atoms with E-state index in [2.05, 4.69) is 27.3 Å². The molecule has 0 spiro atoms. The molecule has 138 valence electrons. The minimum absolute atomic E-state index is 0. The normalized spacial score (nSPS) is 11.0. The molecule has 1 rings (SSSR count). The highest BCUT2D eigenvalue weighted by Crippen LogP contribution is 2.29. The van der Waals surface area contributed by atoms with Gasteiger partial charge in [-0.25, -0.2) is 0 Å². The molecule has 0 fully saturated rings. The smallest absolute Gasteiger partial charge is 0.387 e. The molecular weight excluding hydrogens is 431 g/mol. The van der Waals surface area contributed by atoms with E-state index in [1.807, 2.05) is 13.0 Å². The molecule has 0 unspecified atom stereocenters. The first-order valence-electron chi connectivity index (χ1n) is 7.74. The van der Waals surface area contributed by atoms with Crippen molar-refractivity contribution in [3.63, 3.8) is 0 Å². The van der Waals surface area contributed by atoms with E-state index in [9.17, 15) is 8.78 Å². The fourth-order valence-corrected chi connectivity index (χ4v) is 1.96. The molecule has 0 atom stereocenters. The molecule has 0 aliphatic rings. The Balaban J connectivity index is 0.00000529. The Morgan fingerprint density at radius 1 is 1.21 bits per heavy atom. The molecule has 1 aromatic carbocycles. The molecule has 0 amide bonds. The van der Waals surface area contributed by atoms with Gasteiger partial charge in [0.2, 0.25) is 0 Å². The van der Waals surface area contributed by atoms with Crippen LogP contribution in [-0.4, -0.2) is 39.3 Å². The monoisotopic (exact) mass is 457 g/mol. The number of hydrogen-bond donors (Lipinski definition) is 2. The van der Waals surface area contributed by atoms with E-state index in [4.69, 9.17) is 4.74 Å². The lowest BCUT2D eigenvalue weighted by Crippen LogP contribution is -2.38. The zero-order valence-electron chi connectivity index (χ0n) is 14.3. The van der Waals surface area contributed by atoms with Gasteiger partial charge in [-0.05, 0) is 37.5 Å². The van der Waals surface area contributed by atoms with Gasteiger partial charge in [0.15, 0.2) is 17.5 Å². The molecule has 0 aromatic heterocycles. The number of benzene rings is 1. The first-order valence-corrected chi connectivity index (χ1v) is 7.74. The van der Waals surface area contributed by atoms with Crippen LogP contribution in [0.25, 0.3) is 0 Å². The minimum Gasteiger partial charge on any atom is -0.493 e. The average Bonchev–Trinajstić information content (AvgIpc) is 2.52. The van der Waals surface area contributed by atoms with Crippen molar-refractivity contribution in [2.45, 2.75) is 33.3 Å². The van der Waals surface area contributed by atoms with E-state index in [1.54, 1.807) is 12.1 Å². The molecule has 1 aromatic rings. The standard InChI is InChI=1S/C16H25F2N3O2.HI/c1-4-9-20-16(19-5-2)21-10-8-12-6-7-13(22-3)14(11-12)23-15(17)18;/h6-7,11,15H,4-5,8-10H2,1-3H3,(H2,19,20,21);1H. The summed E-state index contributed by atoms with van der Waals surface area (Å²) in [6.45, 7) is 3.36. The Kier molecular flexibility index (Phi) is 12.3. The van der Waals surface area contributed by atoms with Crippen LogP contribution in [0.3, 0.4) is 0 Å². The van der Waals surface area contributed by atoms with Gasteiger partial charge in [0.05, 0.1) is 7.11 Å². The molecule has 0 saturated heterocycles. The number of rotatable bonds is 9. The summed E-state index contributed by atoms with van der Waals surface area (Å²) in [5.74, 6) is 1.10. The summed E-state index contributed by atoms with van der Waals surface area (Å²) in [4.78, 5) is 4.40. The molecule has 0 saturated carbocycles. The van der Waals surface area contributed by atoms with Crippen LogP contribution in [0.5, 0.6) is 11.5 Å². The van der Waals surface area contributed by atoms with E-state index in [0.717, 1.165) is 31.0 Å². The molecule has 0 bridgehead atoms. The second-order valence-electron chi connectivity index (χ2n) is 4.80. The molecule has 0 aliphatic heterocycles. The first kappa shape index (κ1) is 22.7. The Hall–Kier alpha value is -1.32. The van der Waals surface area contributed by atoms with Crippen LogP contribution < -0.4 is 20.1 Å². The molecule has 0 radical (unpaired) electrons. The quantitative estimate of drug-likeness (QED) is 0.339. The van der Waals surface area contributed by atoms with Crippen molar-refractivity contribution in [1.82, 2.24) is 10.6 Å². The molecule has 5 nitrogen and oxygen atoms in total. The Labute approximate surface area is 159 Å². The van der Waals surface area contributed by atoms with E-state index >= 15 is 0 Å². The molecule has 0 aliphatic carbocycles. The van der Waals surface area contributed by atoms with Gasteiger partial charge in [-0.15, -0.1) is 24.0 Å². The van der Waals surface area contributed by atoms with Crippen LogP contribution in [-0.2, 0) is 6.42 Å². The molecule has 24 heavy (non-hydrogen) atoms. The van der Waals surface area contributed by atoms with Crippen LogP contribution in [0.15, 0.2) is 23.2 Å². The SMILES string of the molecule is CCCN=C(NCC)NCCc1ccc(OC)c(OC(F)F)c1.I. The molecule has 8 heteroatoms. The zero-order chi connectivity index (χ0) is 17.1. The number of aliphatic imine (C=N–C) groups is 1. The van der Waals surface area contributed by atoms with Gasteiger partial charge in [-0.2, -0.15) is 8.78 Å². The van der Waals surface area contributed by atoms with Crippen LogP contribution in [0.1, 0.15) is 25.8 Å². The van der Waals surface area contributed by atoms with Crippen molar-refractivity contribution >= 4 is 29.9 Å². The third-order valence-electron chi connectivity index (χ3n) is 2.99. The fourth-order valence-electron chi connectivity index (χ4n) is 1.96. The molecular formula is C16H26F2IN3O2. The van der Waals surface area contributed by atoms with Gasteiger partial charge in [0.1, 0.15) is 0 Å². The second-order valence-corrected chi connectivity index (χ2v) is 4.80. The lowest BCUT2D eigenvalue weighted by Gasteiger charge is -2.13. The van der Waals surface area contributed by atoms with Crippen LogP contribution >= 0.6 is 24.0 Å². The summed E-state index contributed by atoms with van der Waals surface area (Å²) < 4.78 is 34.3. The van der Waals surface area contributed by atoms with E-state index < -0.39 is 6.61 Å². The number of nitrogens with zero attached hydrogens (tertiary/aromatic N) is 1. The first-order chi connectivity index (χ1) is 11.1. The van der Waals surface area contributed by atoms with Crippen molar-refractivity contribution in [3.8, 4) is 11.5 Å². The molecule has 2 N–H and O–H groups in total. The van der Waals surface area contributed by atoms with Crippen LogP contribution in [0, 0.1) is 0 Å². The van der Waals surface area contributed by atoms with Gasteiger partial charge in [0, 0.05) is 19.6 Å². The maximum absolute atomic E-state index is 12.4. The van der Waals surface area contributed by atoms with Gasteiger partial charge in [0.25, 0.3) is 0 Å². The number of nitrogens with one attached hydrogen (secondary N) is 2. The number of halogens is 3. The minimum atomic E-state index is -2.88. The van der Waals surface area contributed by atoms with E-state index in [-0.39, 0.29) is 29.7 Å². The van der Waals surface area contributed by atoms with Gasteiger partial charge in [-0.3, -0.25) is 4.99 Å². The number of methoxy groups -OCH3 is 1. The van der Waals surface area contributed by atoms with Gasteiger partial charge in [-0.1, -0.05) is 13.0 Å². The summed E-state index contributed by atoms with van der Waals surface area (Å²) in [6.07, 6.45) is 1.63. The van der Waals surface area contributed by atoms with Crippen molar-refractivity contribution in [1.29, 1.82) is 0 Å². The Bertz CT molecular complexity index is 502. The Morgan fingerprint density at radius 3 is 2.54 bits per heavy atom. The summed E-state index contributed by atoms with van der Waals surface area (Å²) in [7, 11) is 1.42. The average molecular weight is 457 g/mol. The predicted octanol–water partition coefficient (Wildman–Crippen LogP) is 3.42. The fraction of sp³-hybridized carbons (Fsp3) is 0.562. The largest absolute Gasteiger partial charge is 0.493 e. The Morgan fingerprint density at radius 2 is 1.96 bits per heavy atom. The van der Waals surface area contributed by atoms with E-state index in [0.29, 0.717) is 18.7 Å². The predicted molar refractivity (Wildman–Crippen MR) is 103 cm³/mol. The van der Waals surface area contributed by atoms with Crippen molar-refractivity contribution in [2.24, 2.45) is 4.99 Å². The van der Waals surface area contributed by atoms with E-state index in [1.165, 1.54) is 7.11 Å². The van der Waals surface area contributed by atoms with Crippen LogP contribution in [0.4, 0.5) is 8.78 Å². The second kappa shape index (κ2) is 13.0. The number of alkyl halides is 2. The summed E-state index contributed by atoms with van der Waals surface area (Å²) in [6, 6.07) is 5.03. The van der Waals surface area contributed by atoms with Gasteiger partial charge >= 0.3 is 6.61 Å². The van der Waals surface area contributed by atoms with Crippen LogP contribution in [0.2, 0.25) is 0 Å². The highest BCUT2D eigenvalue weighted by Gasteiger charge is 2.11. The third-order valence-corrected chi connectivity index (χ3v) is 2.99. The van der Waals surface area contributed by atoms with Crippen molar-refractivity contribution in [2.75, 3.05) is 26.7 Å². The number of ether oxygens (including phenoxy) is 2. The zero-order valence-corrected chi connectivity index (χ0v) is 16.6.